The monoisotopic (exact) mass is 523 g/mol. The number of halogens is 2. The van der Waals surface area contributed by atoms with Gasteiger partial charge >= 0.3 is 0 Å². The van der Waals surface area contributed by atoms with E-state index in [0.717, 1.165) is 0 Å². The number of anilines is 2. The van der Waals surface area contributed by atoms with Crippen molar-refractivity contribution in [3.8, 4) is 17.6 Å². The lowest BCUT2D eigenvalue weighted by Crippen LogP contribution is -2.21. The number of amides is 2. The van der Waals surface area contributed by atoms with E-state index in [1.165, 1.54) is 31.4 Å². The van der Waals surface area contributed by atoms with E-state index in [1.807, 2.05) is 12.1 Å². The van der Waals surface area contributed by atoms with Crippen molar-refractivity contribution >= 4 is 45.2 Å². The molecule has 3 aromatic rings. The third-order valence-electron chi connectivity index (χ3n) is 4.46. The second-order valence-electron chi connectivity index (χ2n) is 6.84. The lowest BCUT2D eigenvalue weighted by molar-refractivity contribution is -0.118. The van der Waals surface area contributed by atoms with Gasteiger partial charge in [0, 0.05) is 5.69 Å². The van der Waals surface area contributed by atoms with Gasteiger partial charge < -0.3 is 20.1 Å². The van der Waals surface area contributed by atoms with Crippen molar-refractivity contribution in [3.63, 3.8) is 0 Å². The molecule has 0 atom stereocenters. The molecule has 0 heterocycles. The van der Waals surface area contributed by atoms with Gasteiger partial charge in [-0.1, -0.05) is 30.3 Å². The van der Waals surface area contributed by atoms with Crippen LogP contribution in [0, 0.1) is 17.1 Å². The molecule has 0 aliphatic carbocycles. The fourth-order valence-corrected chi connectivity index (χ4v) is 3.46. The molecular formula is C25H19BrFN3O4. The Morgan fingerprint density at radius 2 is 1.79 bits per heavy atom. The van der Waals surface area contributed by atoms with E-state index in [2.05, 4.69) is 26.6 Å². The quantitative estimate of drug-likeness (QED) is 0.313. The number of ether oxygens (including phenoxy) is 2. The first-order chi connectivity index (χ1) is 16.4. The van der Waals surface area contributed by atoms with Crippen LogP contribution in [-0.4, -0.2) is 25.5 Å². The SMILES string of the molecule is COc1cc(/C=C(\C#N)C(=O)Nc2ccccc2)cc(Br)c1OCC(=O)Nc1ccccc1F. The van der Waals surface area contributed by atoms with E-state index in [0.29, 0.717) is 15.7 Å². The Labute approximate surface area is 203 Å². The third kappa shape index (κ3) is 6.43. The first-order valence-corrected chi connectivity index (χ1v) is 10.7. The molecule has 0 radical (unpaired) electrons. The average Bonchev–Trinajstić information content (AvgIpc) is 2.83. The van der Waals surface area contributed by atoms with Crippen LogP contribution >= 0.6 is 15.9 Å². The van der Waals surface area contributed by atoms with E-state index < -0.39 is 24.2 Å². The Kier molecular flexibility index (Phi) is 8.37. The third-order valence-corrected chi connectivity index (χ3v) is 5.04. The molecule has 0 spiro atoms. The fourth-order valence-electron chi connectivity index (χ4n) is 2.88. The van der Waals surface area contributed by atoms with Gasteiger partial charge in [0.1, 0.15) is 17.5 Å². The topological polar surface area (TPSA) is 100 Å². The van der Waals surface area contributed by atoms with Gasteiger partial charge in [0.05, 0.1) is 17.3 Å². The number of benzene rings is 3. The summed E-state index contributed by atoms with van der Waals surface area (Å²) in [4.78, 5) is 24.6. The zero-order valence-electron chi connectivity index (χ0n) is 18.0. The van der Waals surface area contributed by atoms with E-state index >= 15 is 0 Å². The molecule has 3 aromatic carbocycles. The molecule has 0 aliphatic rings. The predicted octanol–water partition coefficient (Wildman–Crippen LogP) is 5.16. The van der Waals surface area contributed by atoms with Gasteiger partial charge in [0.2, 0.25) is 0 Å². The van der Waals surface area contributed by atoms with Crippen LogP contribution in [0.3, 0.4) is 0 Å². The minimum absolute atomic E-state index is 0.0421. The molecule has 2 N–H and O–H groups in total. The number of para-hydroxylation sites is 2. The Morgan fingerprint density at radius 3 is 2.47 bits per heavy atom. The van der Waals surface area contributed by atoms with Gasteiger partial charge in [-0.05, 0) is 64.0 Å². The molecular weight excluding hydrogens is 505 g/mol. The Hall–Kier alpha value is -4.16. The molecule has 0 unspecified atom stereocenters. The molecule has 0 fully saturated rings. The summed E-state index contributed by atoms with van der Waals surface area (Å²) in [5.74, 6) is -1.19. The van der Waals surface area contributed by atoms with Crippen LogP contribution in [0.1, 0.15) is 5.56 Å². The van der Waals surface area contributed by atoms with Crippen molar-refractivity contribution < 1.29 is 23.5 Å². The summed E-state index contributed by atoms with van der Waals surface area (Å²) in [6, 6.07) is 19.6. The Bertz CT molecular complexity index is 1270. The van der Waals surface area contributed by atoms with Crippen molar-refractivity contribution in [2.24, 2.45) is 0 Å². The normalized spacial score (nSPS) is 10.7. The van der Waals surface area contributed by atoms with Crippen LogP contribution in [0.25, 0.3) is 6.08 Å². The summed E-state index contributed by atoms with van der Waals surface area (Å²) in [6.07, 6.45) is 1.40. The van der Waals surface area contributed by atoms with Crippen LogP contribution in [0.5, 0.6) is 11.5 Å². The molecule has 0 bridgehead atoms. The largest absolute Gasteiger partial charge is 0.493 e. The highest BCUT2D eigenvalue weighted by molar-refractivity contribution is 9.10. The summed E-state index contributed by atoms with van der Waals surface area (Å²) in [5, 5.41) is 14.5. The maximum Gasteiger partial charge on any atom is 0.266 e. The van der Waals surface area contributed by atoms with Crippen molar-refractivity contribution in [2.45, 2.75) is 0 Å². The molecule has 0 saturated carbocycles. The van der Waals surface area contributed by atoms with E-state index in [4.69, 9.17) is 9.47 Å². The highest BCUT2D eigenvalue weighted by Crippen LogP contribution is 2.37. The van der Waals surface area contributed by atoms with Crippen molar-refractivity contribution in [2.75, 3.05) is 24.4 Å². The van der Waals surface area contributed by atoms with Crippen LogP contribution in [0.2, 0.25) is 0 Å². The standard InChI is InChI=1S/C25H19BrFN3O4/c1-33-22-13-16(11-17(14-28)25(32)29-18-7-3-2-4-8-18)12-19(26)24(22)34-15-23(31)30-21-10-6-5-9-20(21)27/h2-13H,15H2,1H3,(H,29,32)(H,30,31)/b17-11+. The molecule has 2 amide bonds. The summed E-state index contributed by atoms with van der Waals surface area (Å²) in [5.41, 5.74) is 0.979. The van der Waals surface area contributed by atoms with Gasteiger partial charge in [-0.3, -0.25) is 9.59 Å². The number of nitriles is 1. The van der Waals surface area contributed by atoms with E-state index in [-0.39, 0.29) is 22.8 Å². The molecule has 7 nitrogen and oxygen atoms in total. The van der Waals surface area contributed by atoms with Crippen LogP contribution in [-0.2, 0) is 9.59 Å². The number of nitrogens with one attached hydrogen (secondary N) is 2. The number of rotatable bonds is 8. The molecule has 0 saturated heterocycles. The molecule has 0 aromatic heterocycles. The second kappa shape index (κ2) is 11.6. The molecule has 9 heteroatoms. The minimum atomic E-state index is -0.563. The maximum atomic E-state index is 13.7. The van der Waals surface area contributed by atoms with E-state index in [1.54, 1.807) is 42.5 Å². The van der Waals surface area contributed by atoms with Crippen molar-refractivity contribution in [1.29, 1.82) is 5.26 Å². The number of carbonyl (C=O) groups excluding carboxylic acids is 2. The van der Waals surface area contributed by atoms with Gasteiger partial charge in [-0.15, -0.1) is 0 Å². The zero-order chi connectivity index (χ0) is 24.5. The number of nitrogens with zero attached hydrogens (tertiary/aromatic N) is 1. The molecule has 3 rings (SSSR count). The zero-order valence-corrected chi connectivity index (χ0v) is 19.6. The second-order valence-corrected chi connectivity index (χ2v) is 7.70. The van der Waals surface area contributed by atoms with Gasteiger partial charge in [-0.2, -0.15) is 5.26 Å². The van der Waals surface area contributed by atoms with Crippen LogP contribution in [0.15, 0.2) is 76.8 Å². The fraction of sp³-hybridized carbons (Fsp3) is 0.0800. The minimum Gasteiger partial charge on any atom is -0.493 e. The first-order valence-electron chi connectivity index (χ1n) is 9.94. The average molecular weight is 524 g/mol. The molecule has 0 aliphatic heterocycles. The lowest BCUT2D eigenvalue weighted by atomic mass is 10.1. The van der Waals surface area contributed by atoms with Crippen LogP contribution < -0.4 is 20.1 Å². The summed E-state index contributed by atoms with van der Waals surface area (Å²) in [6.45, 7) is -0.401. The molecule has 172 valence electrons. The summed E-state index contributed by atoms with van der Waals surface area (Å²) < 4.78 is 25.1. The number of hydrogen-bond donors (Lipinski definition) is 2. The van der Waals surface area contributed by atoms with Gasteiger partial charge in [-0.25, -0.2) is 4.39 Å². The highest BCUT2D eigenvalue weighted by Gasteiger charge is 2.16. The highest BCUT2D eigenvalue weighted by atomic mass is 79.9. The molecule has 34 heavy (non-hydrogen) atoms. The van der Waals surface area contributed by atoms with Crippen LogP contribution in [0.4, 0.5) is 15.8 Å². The maximum absolute atomic E-state index is 13.7. The number of hydrogen-bond acceptors (Lipinski definition) is 5. The van der Waals surface area contributed by atoms with Crippen molar-refractivity contribution in [1.82, 2.24) is 0 Å². The summed E-state index contributed by atoms with van der Waals surface area (Å²) in [7, 11) is 1.41. The number of carbonyl (C=O) groups is 2. The van der Waals surface area contributed by atoms with E-state index in [9.17, 15) is 19.2 Å². The van der Waals surface area contributed by atoms with Crippen molar-refractivity contribution in [3.05, 3.63) is 88.2 Å². The predicted molar refractivity (Wildman–Crippen MR) is 130 cm³/mol. The van der Waals surface area contributed by atoms with Gasteiger partial charge in [0.15, 0.2) is 18.1 Å². The summed E-state index contributed by atoms with van der Waals surface area (Å²) >= 11 is 3.36. The Balaban J connectivity index is 1.74. The number of methoxy groups -OCH3 is 1. The first kappa shape index (κ1) is 24.5. The lowest BCUT2D eigenvalue weighted by Gasteiger charge is -2.14. The Morgan fingerprint density at radius 1 is 1.09 bits per heavy atom. The smallest absolute Gasteiger partial charge is 0.266 e. The van der Waals surface area contributed by atoms with Gasteiger partial charge in [0.25, 0.3) is 11.8 Å².